The van der Waals surface area contributed by atoms with Crippen molar-refractivity contribution in [3.8, 4) is 17.0 Å². The number of rotatable bonds is 4. The molecule has 0 radical (unpaired) electrons. The van der Waals surface area contributed by atoms with Gasteiger partial charge in [0, 0.05) is 16.5 Å². The molecule has 1 atom stereocenters. The van der Waals surface area contributed by atoms with Gasteiger partial charge in [0.05, 0.1) is 22.8 Å². The van der Waals surface area contributed by atoms with E-state index >= 15 is 0 Å². The minimum atomic E-state index is -4.40. The first-order valence-electron chi connectivity index (χ1n) is 10.3. The number of benzene rings is 3. The average Bonchev–Trinajstić information content (AvgIpc) is 2.78. The normalized spacial score (nSPS) is 12.5. The highest BCUT2D eigenvalue weighted by atomic mass is 19.4. The number of carbonyl (C=O) groups is 1. The van der Waals surface area contributed by atoms with E-state index in [1.165, 1.54) is 12.1 Å². The number of amides is 1. The van der Waals surface area contributed by atoms with E-state index in [2.05, 4.69) is 10.3 Å². The number of halogens is 3. The Bertz CT molecular complexity index is 1330. The van der Waals surface area contributed by atoms with Crippen LogP contribution in [0.25, 0.3) is 22.2 Å². The van der Waals surface area contributed by atoms with Crippen LogP contribution in [0.1, 0.15) is 40.0 Å². The zero-order valence-corrected chi connectivity index (χ0v) is 17.9. The lowest BCUT2D eigenvalue weighted by molar-refractivity contribution is -0.137. The Labute approximate surface area is 188 Å². The molecule has 0 saturated heterocycles. The van der Waals surface area contributed by atoms with Crippen molar-refractivity contribution in [2.24, 2.45) is 0 Å². The van der Waals surface area contributed by atoms with Crippen molar-refractivity contribution < 1.29 is 23.1 Å². The first-order valence-corrected chi connectivity index (χ1v) is 10.3. The molecule has 1 heterocycles. The summed E-state index contributed by atoms with van der Waals surface area (Å²) in [6, 6.07) is 18.2. The molecule has 4 rings (SSSR count). The SMILES string of the molecule is Cc1cc(-c2ccc(C(F)(F)F)cc2)nc2cc(C(=O)N[C@@H](C)c3cccc(O)c3)ccc12. The molecule has 2 N–H and O–H groups in total. The fraction of sp³-hybridized carbons (Fsp3) is 0.154. The van der Waals surface area contributed by atoms with Crippen LogP contribution in [0.5, 0.6) is 5.75 Å². The Balaban J connectivity index is 1.63. The molecule has 0 fully saturated rings. The molecule has 168 valence electrons. The smallest absolute Gasteiger partial charge is 0.416 e. The maximum atomic E-state index is 12.9. The summed E-state index contributed by atoms with van der Waals surface area (Å²) in [6.07, 6.45) is -4.40. The van der Waals surface area contributed by atoms with E-state index in [0.29, 0.717) is 22.3 Å². The number of phenolic OH excluding ortho intramolecular Hbond substituents is 1. The second-order valence-corrected chi connectivity index (χ2v) is 7.92. The van der Waals surface area contributed by atoms with Gasteiger partial charge in [-0.3, -0.25) is 4.79 Å². The quantitative estimate of drug-likeness (QED) is 0.377. The summed E-state index contributed by atoms with van der Waals surface area (Å²) in [5.41, 5.74) is 3.01. The molecule has 1 aromatic heterocycles. The lowest BCUT2D eigenvalue weighted by atomic mass is 10.0. The van der Waals surface area contributed by atoms with E-state index in [9.17, 15) is 23.1 Å². The molecule has 0 spiro atoms. The maximum absolute atomic E-state index is 12.9. The highest BCUT2D eigenvalue weighted by molar-refractivity contribution is 5.98. The Hall–Kier alpha value is -3.87. The number of aryl methyl sites for hydroxylation is 1. The minimum Gasteiger partial charge on any atom is -0.508 e. The van der Waals surface area contributed by atoms with Crippen LogP contribution in [-0.4, -0.2) is 16.0 Å². The van der Waals surface area contributed by atoms with Crippen molar-refractivity contribution in [3.05, 3.63) is 95.1 Å². The summed E-state index contributed by atoms with van der Waals surface area (Å²) in [7, 11) is 0. The summed E-state index contributed by atoms with van der Waals surface area (Å²) in [5.74, 6) is -0.179. The Morgan fingerprint density at radius 1 is 1.00 bits per heavy atom. The second-order valence-electron chi connectivity index (χ2n) is 7.92. The van der Waals surface area contributed by atoms with Crippen LogP contribution < -0.4 is 5.32 Å². The molecule has 1 amide bonds. The van der Waals surface area contributed by atoms with Gasteiger partial charge in [0.2, 0.25) is 0 Å². The van der Waals surface area contributed by atoms with Gasteiger partial charge >= 0.3 is 6.18 Å². The fourth-order valence-corrected chi connectivity index (χ4v) is 3.68. The predicted molar refractivity (Wildman–Crippen MR) is 121 cm³/mol. The maximum Gasteiger partial charge on any atom is 0.416 e. The Morgan fingerprint density at radius 3 is 2.39 bits per heavy atom. The number of phenols is 1. The van der Waals surface area contributed by atoms with Crippen molar-refractivity contribution in [2.75, 3.05) is 0 Å². The third-order valence-corrected chi connectivity index (χ3v) is 5.50. The summed E-state index contributed by atoms with van der Waals surface area (Å²) < 4.78 is 38.6. The molecule has 0 bridgehead atoms. The third kappa shape index (κ3) is 4.82. The Kier molecular flexibility index (Phi) is 5.80. The number of fused-ring (bicyclic) bond motifs is 1. The lowest BCUT2D eigenvalue weighted by Gasteiger charge is -2.15. The van der Waals surface area contributed by atoms with Crippen molar-refractivity contribution in [1.82, 2.24) is 10.3 Å². The van der Waals surface area contributed by atoms with Crippen molar-refractivity contribution in [2.45, 2.75) is 26.1 Å². The summed E-state index contributed by atoms with van der Waals surface area (Å²) >= 11 is 0. The molecule has 0 unspecified atom stereocenters. The fourth-order valence-electron chi connectivity index (χ4n) is 3.68. The summed E-state index contributed by atoms with van der Waals surface area (Å²) in [4.78, 5) is 17.4. The molecular formula is C26H21F3N2O2. The number of hydrogen-bond donors (Lipinski definition) is 2. The van der Waals surface area contributed by atoms with Gasteiger partial charge in [-0.15, -0.1) is 0 Å². The monoisotopic (exact) mass is 450 g/mol. The Morgan fingerprint density at radius 2 is 1.73 bits per heavy atom. The van der Waals surface area contributed by atoms with Crippen LogP contribution in [0.2, 0.25) is 0 Å². The van der Waals surface area contributed by atoms with Gasteiger partial charge in [-0.1, -0.05) is 30.3 Å². The van der Waals surface area contributed by atoms with E-state index in [4.69, 9.17) is 0 Å². The number of aromatic hydroxyl groups is 1. The molecule has 4 aromatic rings. The molecular weight excluding hydrogens is 429 g/mol. The lowest BCUT2D eigenvalue weighted by Crippen LogP contribution is -2.26. The van der Waals surface area contributed by atoms with E-state index in [1.54, 1.807) is 30.3 Å². The van der Waals surface area contributed by atoms with E-state index in [1.807, 2.05) is 32.0 Å². The van der Waals surface area contributed by atoms with Crippen molar-refractivity contribution >= 4 is 16.8 Å². The molecule has 33 heavy (non-hydrogen) atoms. The van der Waals surface area contributed by atoms with Gasteiger partial charge < -0.3 is 10.4 Å². The van der Waals surface area contributed by atoms with Crippen LogP contribution in [-0.2, 0) is 6.18 Å². The van der Waals surface area contributed by atoms with Crippen LogP contribution >= 0.6 is 0 Å². The standard InChI is InChI=1S/C26H21F3N2O2/c1-15-12-23(17-6-9-20(10-7-17)26(27,28)29)31-24-14-19(8-11-22(15)24)25(33)30-16(2)18-4-3-5-21(32)13-18/h3-14,16,32H,1-2H3,(H,30,33)/t16-/m0/s1. The predicted octanol–water partition coefficient (Wildman–Crippen LogP) is 6.43. The van der Waals surface area contributed by atoms with Gasteiger partial charge in [0.15, 0.2) is 0 Å². The molecule has 7 heteroatoms. The molecule has 0 aliphatic rings. The number of hydrogen-bond acceptors (Lipinski definition) is 3. The number of carbonyl (C=O) groups excluding carboxylic acids is 1. The van der Waals surface area contributed by atoms with E-state index in [0.717, 1.165) is 28.6 Å². The van der Waals surface area contributed by atoms with Gasteiger partial charge in [0.25, 0.3) is 5.91 Å². The molecule has 0 saturated carbocycles. The van der Waals surface area contributed by atoms with E-state index in [-0.39, 0.29) is 17.7 Å². The summed E-state index contributed by atoms with van der Waals surface area (Å²) in [6.45, 7) is 3.71. The number of aromatic nitrogens is 1. The van der Waals surface area contributed by atoms with Gasteiger partial charge in [-0.2, -0.15) is 13.2 Å². The second kappa shape index (κ2) is 8.58. The minimum absolute atomic E-state index is 0.120. The zero-order valence-electron chi connectivity index (χ0n) is 17.9. The van der Waals surface area contributed by atoms with Gasteiger partial charge in [0.1, 0.15) is 5.75 Å². The zero-order chi connectivity index (χ0) is 23.8. The first-order chi connectivity index (χ1) is 15.6. The van der Waals surface area contributed by atoms with Crippen LogP contribution in [0.15, 0.2) is 72.8 Å². The van der Waals surface area contributed by atoms with Crippen molar-refractivity contribution in [3.63, 3.8) is 0 Å². The third-order valence-electron chi connectivity index (χ3n) is 5.50. The number of alkyl halides is 3. The number of nitrogens with zero attached hydrogens (tertiary/aromatic N) is 1. The molecule has 0 aliphatic heterocycles. The molecule has 0 aliphatic carbocycles. The number of nitrogens with one attached hydrogen (secondary N) is 1. The largest absolute Gasteiger partial charge is 0.508 e. The van der Waals surface area contributed by atoms with E-state index < -0.39 is 11.7 Å². The van der Waals surface area contributed by atoms with Crippen molar-refractivity contribution in [1.29, 1.82) is 0 Å². The van der Waals surface area contributed by atoms with Crippen LogP contribution in [0.3, 0.4) is 0 Å². The number of pyridine rings is 1. The molecule has 3 aromatic carbocycles. The van der Waals surface area contributed by atoms with Gasteiger partial charge in [-0.05, 0) is 67.4 Å². The van der Waals surface area contributed by atoms with Gasteiger partial charge in [-0.25, -0.2) is 4.98 Å². The topological polar surface area (TPSA) is 62.2 Å². The van der Waals surface area contributed by atoms with Crippen LogP contribution in [0.4, 0.5) is 13.2 Å². The summed E-state index contributed by atoms with van der Waals surface area (Å²) in [5, 5.41) is 13.4. The highest BCUT2D eigenvalue weighted by Gasteiger charge is 2.30. The highest BCUT2D eigenvalue weighted by Crippen LogP contribution is 2.31. The molecule has 4 nitrogen and oxygen atoms in total. The van der Waals surface area contributed by atoms with Crippen LogP contribution in [0, 0.1) is 6.92 Å². The first kappa shape index (κ1) is 22.3. The average molecular weight is 450 g/mol.